The van der Waals surface area contributed by atoms with E-state index in [1.54, 1.807) is 13.1 Å². The molecule has 1 fully saturated rings. The van der Waals surface area contributed by atoms with Crippen LogP contribution in [0.1, 0.15) is 32.3 Å². The van der Waals surface area contributed by atoms with Crippen LogP contribution in [-0.4, -0.2) is 54.7 Å². The number of aromatic nitrogens is 2. The van der Waals surface area contributed by atoms with Crippen molar-refractivity contribution in [2.45, 2.75) is 59.1 Å². The number of nitriles is 1. The average Bonchev–Trinajstić information content (AvgIpc) is 3.24. The van der Waals surface area contributed by atoms with Crippen LogP contribution in [-0.2, 0) is 16.3 Å². The van der Waals surface area contributed by atoms with Gasteiger partial charge in [-0.05, 0) is 42.6 Å². The Morgan fingerprint density at radius 1 is 1.16 bits per heavy atom. The van der Waals surface area contributed by atoms with Gasteiger partial charge in [0.1, 0.15) is 18.1 Å². The number of carbonyl (C=O) groups excluding carboxylic acids is 1. The van der Waals surface area contributed by atoms with Crippen molar-refractivity contribution in [2.24, 2.45) is 5.41 Å². The summed E-state index contributed by atoms with van der Waals surface area (Å²) in [6.45, 7) is 14.2. The van der Waals surface area contributed by atoms with Gasteiger partial charge in [0, 0.05) is 58.1 Å². The van der Waals surface area contributed by atoms with Gasteiger partial charge < -0.3 is 18.9 Å². The SMILES string of the molecule is CC(=O)N1CCC(C)(COc2ccnc3c2c(-c2ccc(C#N)cc2)cn3COCC[Si](C)(C)C)CC1. The van der Waals surface area contributed by atoms with Crippen molar-refractivity contribution in [2.75, 3.05) is 26.3 Å². The highest BCUT2D eigenvalue weighted by atomic mass is 28.3. The highest BCUT2D eigenvalue weighted by molar-refractivity contribution is 6.76. The second-order valence-electron chi connectivity index (χ2n) is 11.7. The van der Waals surface area contributed by atoms with Crippen LogP contribution in [0, 0.1) is 16.7 Å². The molecule has 4 rings (SSSR count). The first-order valence-electron chi connectivity index (χ1n) is 13.0. The van der Waals surface area contributed by atoms with E-state index in [2.05, 4.69) is 38.8 Å². The summed E-state index contributed by atoms with van der Waals surface area (Å²) in [5, 5.41) is 10.2. The van der Waals surface area contributed by atoms with E-state index in [0.29, 0.717) is 18.9 Å². The molecular weight excluding hydrogens is 480 g/mol. The zero-order valence-electron chi connectivity index (χ0n) is 22.7. The van der Waals surface area contributed by atoms with Crippen molar-refractivity contribution >= 4 is 25.0 Å². The molecule has 0 bridgehead atoms. The Hall–Kier alpha value is -3.15. The molecule has 196 valence electrons. The topological polar surface area (TPSA) is 80.4 Å². The van der Waals surface area contributed by atoms with Crippen LogP contribution in [0.2, 0.25) is 25.7 Å². The molecule has 37 heavy (non-hydrogen) atoms. The molecule has 0 spiro atoms. The first-order chi connectivity index (χ1) is 17.6. The van der Waals surface area contributed by atoms with E-state index >= 15 is 0 Å². The molecule has 0 aliphatic carbocycles. The fraction of sp³-hybridized carbons (Fsp3) is 0.483. The summed E-state index contributed by atoms with van der Waals surface area (Å²) in [6, 6.07) is 12.8. The summed E-state index contributed by atoms with van der Waals surface area (Å²) in [5.74, 6) is 0.930. The Kier molecular flexibility index (Phi) is 8.05. The Labute approximate surface area is 221 Å². The number of piperidine rings is 1. The van der Waals surface area contributed by atoms with E-state index < -0.39 is 8.07 Å². The minimum atomic E-state index is -1.18. The van der Waals surface area contributed by atoms with Crippen molar-refractivity contribution in [3.8, 4) is 22.9 Å². The summed E-state index contributed by atoms with van der Waals surface area (Å²) < 4.78 is 14.6. The third kappa shape index (κ3) is 6.59. The standard InChI is InChI=1S/C29H38N4O3Si/c1-22(34)32-14-11-29(2,12-15-32)20-36-26-10-13-31-28-27(26)25(24-8-6-23(18-30)7-9-24)19-33(28)21-35-16-17-37(3,4)5/h6-10,13,19H,11-12,14-17,20-21H2,1-5H3. The Bertz CT molecular complexity index is 1280. The number of nitrogens with zero attached hydrogens (tertiary/aromatic N) is 4. The number of pyridine rings is 1. The van der Waals surface area contributed by atoms with E-state index in [-0.39, 0.29) is 11.3 Å². The first kappa shape index (κ1) is 26.9. The first-order valence-corrected chi connectivity index (χ1v) is 16.7. The molecule has 7 nitrogen and oxygen atoms in total. The van der Waals surface area contributed by atoms with Gasteiger partial charge in [-0.15, -0.1) is 0 Å². The maximum absolute atomic E-state index is 11.8. The largest absolute Gasteiger partial charge is 0.492 e. The van der Waals surface area contributed by atoms with Crippen LogP contribution in [0.15, 0.2) is 42.7 Å². The van der Waals surface area contributed by atoms with Crippen LogP contribution < -0.4 is 4.74 Å². The molecule has 0 N–H and O–H groups in total. The van der Waals surface area contributed by atoms with Crippen molar-refractivity contribution in [3.05, 3.63) is 48.3 Å². The molecule has 3 heterocycles. The van der Waals surface area contributed by atoms with Gasteiger partial charge in [-0.2, -0.15) is 5.26 Å². The lowest BCUT2D eigenvalue weighted by molar-refractivity contribution is -0.131. The zero-order chi connectivity index (χ0) is 26.6. The average molecular weight is 519 g/mol. The number of fused-ring (bicyclic) bond motifs is 1. The summed E-state index contributed by atoms with van der Waals surface area (Å²) in [5.41, 5.74) is 3.46. The molecule has 0 unspecified atom stereocenters. The molecule has 0 radical (unpaired) electrons. The van der Waals surface area contributed by atoms with Gasteiger partial charge in [-0.25, -0.2) is 4.98 Å². The highest BCUT2D eigenvalue weighted by Crippen LogP contribution is 2.38. The summed E-state index contributed by atoms with van der Waals surface area (Å²) in [7, 11) is -1.18. The minimum absolute atomic E-state index is 0.00132. The Morgan fingerprint density at radius 3 is 2.49 bits per heavy atom. The number of amides is 1. The Balaban J connectivity index is 1.62. The lowest BCUT2D eigenvalue weighted by atomic mass is 9.81. The van der Waals surface area contributed by atoms with Gasteiger partial charge in [-0.1, -0.05) is 38.7 Å². The van der Waals surface area contributed by atoms with Gasteiger partial charge >= 0.3 is 0 Å². The van der Waals surface area contributed by atoms with E-state index in [9.17, 15) is 10.1 Å². The summed E-state index contributed by atoms with van der Waals surface area (Å²) in [6.07, 6.45) is 5.69. The van der Waals surface area contributed by atoms with Crippen LogP contribution in [0.5, 0.6) is 5.75 Å². The van der Waals surface area contributed by atoms with Crippen molar-refractivity contribution in [1.29, 1.82) is 5.26 Å². The molecular formula is C29H38N4O3Si. The number of likely N-dealkylation sites (tertiary alicyclic amines) is 1. The zero-order valence-corrected chi connectivity index (χ0v) is 23.7. The van der Waals surface area contributed by atoms with E-state index in [1.807, 2.05) is 39.8 Å². The van der Waals surface area contributed by atoms with Gasteiger partial charge in [-0.3, -0.25) is 4.79 Å². The molecule has 0 atom stereocenters. The molecule has 1 aliphatic rings. The number of rotatable bonds is 9. The van der Waals surface area contributed by atoms with E-state index in [0.717, 1.165) is 66.5 Å². The van der Waals surface area contributed by atoms with E-state index in [1.165, 1.54) is 0 Å². The number of ether oxygens (including phenoxy) is 2. The lowest BCUT2D eigenvalue weighted by Crippen LogP contribution is -2.43. The number of hydrogen-bond donors (Lipinski definition) is 0. The molecule has 0 saturated carbocycles. The quantitative estimate of drug-likeness (QED) is 0.260. The summed E-state index contributed by atoms with van der Waals surface area (Å²) in [4.78, 5) is 18.4. The monoisotopic (exact) mass is 518 g/mol. The van der Waals surface area contributed by atoms with Crippen LogP contribution in [0.4, 0.5) is 0 Å². The fourth-order valence-electron chi connectivity index (χ4n) is 4.65. The molecule has 1 amide bonds. The van der Waals surface area contributed by atoms with Crippen molar-refractivity contribution < 1.29 is 14.3 Å². The molecule has 1 aliphatic heterocycles. The number of hydrogen-bond acceptors (Lipinski definition) is 5. The summed E-state index contributed by atoms with van der Waals surface area (Å²) >= 11 is 0. The molecule has 1 saturated heterocycles. The van der Waals surface area contributed by atoms with Crippen molar-refractivity contribution in [3.63, 3.8) is 0 Å². The van der Waals surface area contributed by atoms with Crippen LogP contribution in [0.25, 0.3) is 22.2 Å². The van der Waals surface area contributed by atoms with Gasteiger partial charge in [0.05, 0.1) is 23.6 Å². The normalized spacial score (nSPS) is 15.5. The number of carbonyl (C=O) groups is 1. The molecule has 3 aromatic rings. The van der Waals surface area contributed by atoms with Gasteiger partial charge in [0.2, 0.25) is 5.91 Å². The third-order valence-corrected chi connectivity index (χ3v) is 8.97. The third-order valence-electron chi connectivity index (χ3n) is 7.26. The second kappa shape index (κ2) is 11.1. The van der Waals surface area contributed by atoms with Gasteiger partial charge in [0.25, 0.3) is 0 Å². The predicted octanol–water partition coefficient (Wildman–Crippen LogP) is 5.91. The second-order valence-corrected chi connectivity index (χ2v) is 17.3. The van der Waals surface area contributed by atoms with Crippen LogP contribution in [0.3, 0.4) is 0 Å². The van der Waals surface area contributed by atoms with E-state index in [4.69, 9.17) is 14.5 Å². The maximum Gasteiger partial charge on any atom is 0.219 e. The highest BCUT2D eigenvalue weighted by Gasteiger charge is 2.32. The smallest absolute Gasteiger partial charge is 0.219 e. The minimum Gasteiger partial charge on any atom is -0.492 e. The maximum atomic E-state index is 11.8. The molecule has 8 heteroatoms. The predicted molar refractivity (Wildman–Crippen MR) is 149 cm³/mol. The number of benzene rings is 1. The lowest BCUT2D eigenvalue weighted by Gasteiger charge is -2.38. The molecule has 2 aromatic heterocycles. The fourth-order valence-corrected chi connectivity index (χ4v) is 5.40. The van der Waals surface area contributed by atoms with Crippen molar-refractivity contribution in [1.82, 2.24) is 14.5 Å². The molecule has 1 aromatic carbocycles. The van der Waals surface area contributed by atoms with Gasteiger partial charge in [0.15, 0.2) is 0 Å². The Morgan fingerprint density at radius 2 is 1.86 bits per heavy atom. The van der Waals surface area contributed by atoms with Crippen LogP contribution >= 0.6 is 0 Å².